The number of nitrogens with one attached hydrogen (secondary N) is 1. The van der Waals surface area contributed by atoms with E-state index in [1.54, 1.807) is 30.3 Å². The lowest BCUT2D eigenvalue weighted by atomic mass is 10.1. The van der Waals surface area contributed by atoms with Crippen LogP contribution in [0.4, 0.5) is 11.4 Å². The van der Waals surface area contributed by atoms with Crippen LogP contribution in [-0.4, -0.2) is 18.4 Å². The van der Waals surface area contributed by atoms with Crippen LogP contribution >= 0.6 is 27.5 Å². The Labute approximate surface area is 134 Å². The van der Waals surface area contributed by atoms with Crippen LogP contribution in [0.5, 0.6) is 0 Å². The largest absolute Gasteiger partial charge is 0.367 e. The van der Waals surface area contributed by atoms with Crippen molar-refractivity contribution in [1.82, 2.24) is 0 Å². The van der Waals surface area contributed by atoms with Gasteiger partial charge in [-0.25, -0.2) is 0 Å². The quantitative estimate of drug-likeness (QED) is 0.844. The molecule has 2 aromatic rings. The smallest absolute Gasteiger partial charge is 0.300 e. The van der Waals surface area contributed by atoms with Gasteiger partial charge in [0.05, 0.1) is 17.9 Å². The Morgan fingerprint density at radius 2 is 1.95 bits per heavy atom. The number of halogens is 2. The zero-order valence-corrected chi connectivity index (χ0v) is 13.1. The van der Waals surface area contributed by atoms with Gasteiger partial charge in [-0.1, -0.05) is 33.6 Å². The van der Waals surface area contributed by atoms with E-state index in [1.807, 2.05) is 12.1 Å². The maximum Gasteiger partial charge on any atom is 0.300 e. The van der Waals surface area contributed by atoms with Crippen LogP contribution in [0.2, 0.25) is 5.02 Å². The molecule has 3 rings (SSSR count). The maximum absolute atomic E-state index is 12.1. The van der Waals surface area contributed by atoms with E-state index in [-0.39, 0.29) is 6.67 Å². The van der Waals surface area contributed by atoms with E-state index in [0.717, 1.165) is 10.2 Å². The lowest BCUT2D eigenvalue weighted by molar-refractivity contribution is -0.114. The molecule has 0 spiro atoms. The van der Waals surface area contributed by atoms with E-state index in [1.165, 1.54) is 4.90 Å². The fourth-order valence-electron chi connectivity index (χ4n) is 2.20. The lowest BCUT2D eigenvalue weighted by Gasteiger charge is -2.18. The molecule has 4 nitrogen and oxygen atoms in total. The Morgan fingerprint density at radius 1 is 1.14 bits per heavy atom. The minimum Gasteiger partial charge on any atom is -0.367 e. The summed E-state index contributed by atoms with van der Waals surface area (Å²) in [5.74, 6) is -1.02. The van der Waals surface area contributed by atoms with Gasteiger partial charge in [0, 0.05) is 15.2 Å². The van der Waals surface area contributed by atoms with Gasteiger partial charge in [-0.15, -0.1) is 0 Å². The average molecular weight is 366 g/mol. The fourth-order valence-corrected chi connectivity index (χ4v) is 2.75. The molecular formula is C15H10BrClN2O2. The molecule has 2 aromatic carbocycles. The van der Waals surface area contributed by atoms with Crippen molar-refractivity contribution in [3.63, 3.8) is 0 Å². The van der Waals surface area contributed by atoms with Crippen LogP contribution in [0.1, 0.15) is 10.4 Å². The van der Waals surface area contributed by atoms with Gasteiger partial charge < -0.3 is 5.32 Å². The second kappa shape index (κ2) is 5.50. The van der Waals surface area contributed by atoms with Gasteiger partial charge in [-0.3, -0.25) is 14.5 Å². The minimum absolute atomic E-state index is 0.208. The van der Waals surface area contributed by atoms with Crippen molar-refractivity contribution in [2.45, 2.75) is 0 Å². The Hall–Kier alpha value is -1.85. The summed E-state index contributed by atoms with van der Waals surface area (Å²) < 4.78 is 0.770. The number of nitrogens with zero attached hydrogens (tertiary/aromatic N) is 1. The highest BCUT2D eigenvalue weighted by Gasteiger charge is 2.35. The number of Topliss-reactive ketones (excluding diaryl/α,β-unsaturated/α-hetero) is 1. The van der Waals surface area contributed by atoms with Crippen LogP contribution in [0.3, 0.4) is 0 Å². The van der Waals surface area contributed by atoms with E-state index >= 15 is 0 Å². The van der Waals surface area contributed by atoms with Crippen molar-refractivity contribution in [3.8, 4) is 0 Å². The van der Waals surface area contributed by atoms with Gasteiger partial charge >= 0.3 is 5.91 Å². The van der Waals surface area contributed by atoms with Gasteiger partial charge in [0.25, 0.3) is 5.78 Å². The number of carbonyl (C=O) groups is 2. The zero-order chi connectivity index (χ0) is 15.0. The van der Waals surface area contributed by atoms with Crippen LogP contribution < -0.4 is 10.2 Å². The topological polar surface area (TPSA) is 49.4 Å². The molecule has 0 aromatic heterocycles. The highest BCUT2D eigenvalue weighted by atomic mass is 79.9. The average Bonchev–Trinajstić information content (AvgIpc) is 2.69. The third-order valence-electron chi connectivity index (χ3n) is 3.20. The number of carbonyl (C=O) groups excluding carboxylic acids is 2. The molecular weight excluding hydrogens is 356 g/mol. The molecule has 0 radical (unpaired) electrons. The van der Waals surface area contributed by atoms with Crippen LogP contribution in [-0.2, 0) is 4.79 Å². The highest BCUT2D eigenvalue weighted by Crippen LogP contribution is 2.31. The summed E-state index contributed by atoms with van der Waals surface area (Å²) in [6.45, 7) is 0.208. The van der Waals surface area contributed by atoms with Crippen molar-refractivity contribution < 1.29 is 9.59 Å². The Balaban J connectivity index is 1.84. The predicted octanol–water partition coefficient (Wildman–Crippen LogP) is 3.70. The molecule has 0 saturated heterocycles. The second-order valence-electron chi connectivity index (χ2n) is 4.57. The van der Waals surface area contributed by atoms with Gasteiger partial charge in [0.15, 0.2) is 0 Å². The molecule has 1 N–H and O–H groups in total. The van der Waals surface area contributed by atoms with Crippen molar-refractivity contribution in [2.75, 3.05) is 16.9 Å². The van der Waals surface area contributed by atoms with Gasteiger partial charge in [-0.05, 0) is 36.4 Å². The summed E-state index contributed by atoms with van der Waals surface area (Å²) in [6, 6.07) is 12.4. The number of fused-ring (bicyclic) bond motifs is 1. The SMILES string of the molecule is O=C1C(=O)N(CNc2cccc(Cl)c2)c2ccc(Br)cc21. The van der Waals surface area contributed by atoms with Gasteiger partial charge in [-0.2, -0.15) is 0 Å². The Kier molecular flexibility index (Phi) is 3.69. The van der Waals surface area contributed by atoms with Gasteiger partial charge in [0.2, 0.25) is 0 Å². The van der Waals surface area contributed by atoms with E-state index in [0.29, 0.717) is 16.3 Å². The molecule has 0 saturated carbocycles. The normalized spacial score (nSPS) is 13.5. The van der Waals surface area contributed by atoms with E-state index < -0.39 is 11.7 Å². The van der Waals surface area contributed by atoms with Crippen LogP contribution in [0.15, 0.2) is 46.9 Å². The molecule has 106 valence electrons. The Bertz CT molecular complexity index is 748. The second-order valence-corrected chi connectivity index (χ2v) is 5.92. The van der Waals surface area contributed by atoms with Crippen LogP contribution in [0, 0.1) is 0 Å². The highest BCUT2D eigenvalue weighted by molar-refractivity contribution is 9.10. The van der Waals surface area contributed by atoms with Crippen molar-refractivity contribution in [1.29, 1.82) is 0 Å². The number of anilines is 2. The molecule has 0 unspecified atom stereocenters. The third kappa shape index (κ3) is 2.66. The zero-order valence-electron chi connectivity index (χ0n) is 10.8. The number of rotatable bonds is 3. The standard InChI is InChI=1S/C15H10BrClN2O2/c16-9-4-5-13-12(6-9)14(20)15(21)19(13)8-18-11-3-1-2-10(17)7-11/h1-7,18H,8H2. The number of benzene rings is 2. The van der Waals surface area contributed by atoms with Crippen molar-refractivity contribution in [2.24, 2.45) is 0 Å². The summed E-state index contributed by atoms with van der Waals surface area (Å²) in [6.07, 6.45) is 0. The number of hydrogen-bond donors (Lipinski definition) is 1. The predicted molar refractivity (Wildman–Crippen MR) is 85.9 cm³/mol. The number of ketones is 1. The first kappa shape index (κ1) is 14.1. The summed E-state index contributed by atoms with van der Waals surface area (Å²) in [5.41, 5.74) is 1.82. The molecule has 1 amide bonds. The van der Waals surface area contributed by atoms with Gasteiger partial charge in [0.1, 0.15) is 0 Å². The minimum atomic E-state index is -0.530. The molecule has 1 heterocycles. The molecule has 6 heteroatoms. The maximum atomic E-state index is 12.1. The molecule has 0 bridgehead atoms. The lowest BCUT2D eigenvalue weighted by Crippen LogP contribution is -2.34. The molecule has 0 fully saturated rings. The van der Waals surface area contributed by atoms with Crippen molar-refractivity contribution >= 4 is 50.6 Å². The first-order valence-electron chi connectivity index (χ1n) is 6.21. The fraction of sp³-hybridized carbons (Fsp3) is 0.0667. The van der Waals surface area contributed by atoms with Crippen molar-refractivity contribution in [3.05, 3.63) is 57.5 Å². The summed E-state index contributed by atoms with van der Waals surface area (Å²) in [5, 5.41) is 3.70. The monoisotopic (exact) mass is 364 g/mol. The summed E-state index contributed by atoms with van der Waals surface area (Å²) >= 11 is 9.21. The van der Waals surface area contributed by atoms with E-state index in [2.05, 4.69) is 21.2 Å². The van der Waals surface area contributed by atoms with E-state index in [9.17, 15) is 9.59 Å². The first-order valence-corrected chi connectivity index (χ1v) is 7.38. The molecule has 0 aliphatic carbocycles. The third-order valence-corrected chi connectivity index (χ3v) is 3.93. The summed E-state index contributed by atoms with van der Waals surface area (Å²) in [4.78, 5) is 25.4. The van der Waals surface area contributed by atoms with Crippen LogP contribution in [0.25, 0.3) is 0 Å². The number of hydrogen-bond acceptors (Lipinski definition) is 3. The first-order chi connectivity index (χ1) is 10.1. The number of amides is 1. The molecule has 1 aliphatic rings. The molecule has 0 atom stereocenters. The Morgan fingerprint density at radius 3 is 2.71 bits per heavy atom. The molecule has 1 aliphatic heterocycles. The molecule has 21 heavy (non-hydrogen) atoms. The van der Waals surface area contributed by atoms with E-state index in [4.69, 9.17) is 11.6 Å². The summed E-state index contributed by atoms with van der Waals surface area (Å²) in [7, 11) is 0.